The first-order chi connectivity index (χ1) is 14.2. The molecule has 4 nitrogen and oxygen atoms in total. The van der Waals surface area contributed by atoms with E-state index in [1.165, 1.54) is 23.2 Å². The Morgan fingerprint density at radius 2 is 1.87 bits per heavy atom. The van der Waals surface area contributed by atoms with E-state index >= 15 is 0 Å². The van der Waals surface area contributed by atoms with Crippen molar-refractivity contribution in [3.8, 4) is 0 Å². The van der Waals surface area contributed by atoms with E-state index in [-0.39, 0.29) is 11.8 Å². The molecule has 162 valence electrons. The molecule has 7 heteroatoms. The van der Waals surface area contributed by atoms with E-state index in [0.717, 1.165) is 22.4 Å². The van der Waals surface area contributed by atoms with Gasteiger partial charge in [0.2, 0.25) is 0 Å². The maximum atomic E-state index is 13.8. The number of aryl methyl sites for hydroxylation is 1. The fourth-order valence-corrected chi connectivity index (χ4v) is 5.13. The van der Waals surface area contributed by atoms with Gasteiger partial charge in [-0.2, -0.15) is 8.78 Å². The van der Waals surface area contributed by atoms with Gasteiger partial charge in [0.1, 0.15) is 0 Å². The van der Waals surface area contributed by atoms with Crippen LogP contribution in [0, 0.1) is 12.8 Å². The van der Waals surface area contributed by atoms with Crippen LogP contribution < -0.4 is 5.73 Å². The number of nitrogens with zero attached hydrogens (tertiary/aromatic N) is 1. The molecule has 1 aliphatic heterocycles. The summed E-state index contributed by atoms with van der Waals surface area (Å²) in [6.45, 7) is 3.97. The van der Waals surface area contributed by atoms with E-state index in [1.54, 1.807) is 0 Å². The second-order valence-electron chi connectivity index (χ2n) is 8.00. The zero-order chi connectivity index (χ0) is 21.9. The van der Waals surface area contributed by atoms with Gasteiger partial charge in [-0.3, -0.25) is 9.59 Å². The van der Waals surface area contributed by atoms with Gasteiger partial charge in [0, 0.05) is 30.3 Å². The number of benzene rings is 1. The van der Waals surface area contributed by atoms with Crippen LogP contribution in [0.25, 0.3) is 0 Å². The Bertz CT molecular complexity index is 890. The Balaban J connectivity index is 1.78. The first kappa shape index (κ1) is 22.4. The summed E-state index contributed by atoms with van der Waals surface area (Å²) in [6, 6.07) is 12.0. The molecule has 2 heterocycles. The van der Waals surface area contributed by atoms with Crippen molar-refractivity contribution in [3.63, 3.8) is 0 Å². The summed E-state index contributed by atoms with van der Waals surface area (Å²) >= 11 is 1.41. The lowest BCUT2D eigenvalue weighted by molar-refractivity contribution is -0.159. The molecule has 0 spiro atoms. The van der Waals surface area contributed by atoms with Crippen LogP contribution in [-0.2, 0) is 4.79 Å². The molecular weight excluding hydrogens is 406 g/mol. The lowest BCUT2D eigenvalue weighted by Gasteiger charge is -2.35. The van der Waals surface area contributed by atoms with Crippen molar-refractivity contribution in [2.45, 2.75) is 51.4 Å². The standard InChI is InChI=1S/C23H28F2N2O2S/c1-3-23(24,25)22(29)27-11-9-16(10-12-27)14-18(17-7-5-4-6-8-17)19-13-15(2)30-20(19)21(26)28/h4-8,13,16,18H,3,9-12,14H2,1-2H3,(H2,26,28). The van der Waals surface area contributed by atoms with Crippen molar-refractivity contribution in [2.75, 3.05) is 13.1 Å². The van der Waals surface area contributed by atoms with Gasteiger partial charge in [-0.1, -0.05) is 37.3 Å². The Hall–Kier alpha value is -2.28. The minimum absolute atomic E-state index is 0.00276. The lowest BCUT2D eigenvalue weighted by atomic mass is 9.80. The van der Waals surface area contributed by atoms with Gasteiger partial charge in [-0.05, 0) is 49.3 Å². The Morgan fingerprint density at radius 3 is 2.43 bits per heavy atom. The van der Waals surface area contributed by atoms with E-state index in [1.807, 2.05) is 43.3 Å². The van der Waals surface area contributed by atoms with Crippen molar-refractivity contribution in [2.24, 2.45) is 11.7 Å². The Morgan fingerprint density at radius 1 is 1.23 bits per heavy atom. The summed E-state index contributed by atoms with van der Waals surface area (Å²) in [7, 11) is 0. The molecule has 2 N–H and O–H groups in total. The molecule has 1 fully saturated rings. The molecule has 1 aliphatic rings. The SMILES string of the molecule is CCC(F)(F)C(=O)N1CCC(CC(c2ccccc2)c2cc(C)sc2C(N)=O)CC1. The Kier molecular flexibility index (Phi) is 6.91. The fraction of sp³-hybridized carbons (Fsp3) is 0.478. The molecule has 0 aliphatic carbocycles. The van der Waals surface area contributed by atoms with E-state index in [9.17, 15) is 18.4 Å². The maximum Gasteiger partial charge on any atom is 0.324 e. The number of hydrogen-bond donors (Lipinski definition) is 1. The van der Waals surface area contributed by atoms with Gasteiger partial charge in [0.05, 0.1) is 4.88 Å². The molecule has 2 amide bonds. The molecule has 0 saturated carbocycles. The minimum atomic E-state index is -3.29. The minimum Gasteiger partial charge on any atom is -0.365 e. The summed E-state index contributed by atoms with van der Waals surface area (Å²) < 4.78 is 27.5. The van der Waals surface area contributed by atoms with Gasteiger partial charge in [-0.15, -0.1) is 11.3 Å². The molecule has 3 rings (SSSR count). The van der Waals surface area contributed by atoms with Crippen molar-refractivity contribution < 1.29 is 18.4 Å². The van der Waals surface area contributed by atoms with Crippen molar-refractivity contribution in [1.82, 2.24) is 4.90 Å². The third-order valence-corrected chi connectivity index (χ3v) is 6.99. The normalized spacial score (nSPS) is 16.5. The van der Waals surface area contributed by atoms with E-state index in [2.05, 4.69) is 0 Å². The average Bonchev–Trinajstić information content (AvgIpc) is 3.14. The lowest BCUT2D eigenvalue weighted by Crippen LogP contribution is -2.47. The summed E-state index contributed by atoms with van der Waals surface area (Å²) in [5, 5.41) is 0. The summed E-state index contributed by atoms with van der Waals surface area (Å²) in [6.07, 6.45) is 1.65. The van der Waals surface area contributed by atoms with Crippen LogP contribution in [0.4, 0.5) is 8.78 Å². The number of hydrogen-bond acceptors (Lipinski definition) is 3. The molecule has 1 atom stereocenters. The van der Waals surface area contributed by atoms with Crippen molar-refractivity contribution in [3.05, 3.63) is 57.3 Å². The van der Waals surface area contributed by atoms with Crippen LogP contribution >= 0.6 is 11.3 Å². The van der Waals surface area contributed by atoms with Crippen LogP contribution in [0.15, 0.2) is 36.4 Å². The fourth-order valence-electron chi connectivity index (χ4n) is 4.20. The zero-order valence-corrected chi connectivity index (χ0v) is 18.2. The largest absolute Gasteiger partial charge is 0.365 e. The van der Waals surface area contributed by atoms with Crippen LogP contribution in [0.2, 0.25) is 0 Å². The first-order valence-corrected chi connectivity index (χ1v) is 11.2. The van der Waals surface area contributed by atoms with Gasteiger partial charge in [0.15, 0.2) is 0 Å². The number of primary amides is 1. The molecule has 1 aromatic heterocycles. The number of rotatable bonds is 7. The zero-order valence-electron chi connectivity index (χ0n) is 17.4. The molecule has 0 radical (unpaired) electrons. The van der Waals surface area contributed by atoms with Crippen LogP contribution in [-0.4, -0.2) is 35.7 Å². The highest BCUT2D eigenvalue weighted by atomic mass is 32.1. The predicted molar refractivity (Wildman–Crippen MR) is 115 cm³/mol. The second-order valence-corrected chi connectivity index (χ2v) is 9.25. The summed E-state index contributed by atoms with van der Waals surface area (Å²) in [4.78, 5) is 27.0. The van der Waals surface area contributed by atoms with Crippen molar-refractivity contribution in [1.29, 1.82) is 0 Å². The van der Waals surface area contributed by atoms with Gasteiger partial charge >= 0.3 is 5.92 Å². The molecular formula is C23H28F2N2O2S. The number of halogens is 2. The van der Waals surface area contributed by atoms with E-state index in [4.69, 9.17) is 5.73 Å². The third-order valence-electron chi connectivity index (χ3n) is 5.91. The number of carbonyl (C=O) groups is 2. The smallest absolute Gasteiger partial charge is 0.324 e. The summed E-state index contributed by atoms with van der Waals surface area (Å²) in [5.74, 6) is -4.50. The number of likely N-dealkylation sites (tertiary alicyclic amines) is 1. The third kappa shape index (κ3) is 4.89. The number of piperidine rings is 1. The topological polar surface area (TPSA) is 63.4 Å². The second kappa shape index (κ2) is 9.25. The summed E-state index contributed by atoms with van der Waals surface area (Å²) in [5.41, 5.74) is 7.68. The van der Waals surface area contributed by atoms with Crippen molar-refractivity contribution >= 4 is 23.2 Å². The molecule has 0 bridgehead atoms. The number of thiophene rings is 1. The number of carbonyl (C=O) groups excluding carboxylic acids is 2. The van der Waals surface area contributed by atoms with Gasteiger partial charge in [-0.25, -0.2) is 0 Å². The van der Waals surface area contributed by atoms with E-state index in [0.29, 0.717) is 30.8 Å². The Labute approximate surface area is 180 Å². The highest BCUT2D eigenvalue weighted by molar-refractivity contribution is 7.14. The molecule has 30 heavy (non-hydrogen) atoms. The average molecular weight is 435 g/mol. The van der Waals surface area contributed by atoms with Crippen LogP contribution in [0.5, 0.6) is 0 Å². The molecule has 1 aromatic carbocycles. The van der Waals surface area contributed by atoms with Crippen LogP contribution in [0.3, 0.4) is 0 Å². The van der Waals surface area contributed by atoms with Crippen LogP contribution in [0.1, 0.15) is 64.2 Å². The van der Waals surface area contributed by atoms with Gasteiger partial charge < -0.3 is 10.6 Å². The predicted octanol–water partition coefficient (Wildman–Crippen LogP) is 4.96. The first-order valence-electron chi connectivity index (χ1n) is 10.3. The molecule has 1 saturated heterocycles. The number of nitrogens with two attached hydrogens (primary N) is 1. The number of alkyl halides is 2. The highest BCUT2D eigenvalue weighted by Gasteiger charge is 2.41. The highest BCUT2D eigenvalue weighted by Crippen LogP contribution is 2.39. The quantitative estimate of drug-likeness (QED) is 0.669. The molecule has 2 aromatic rings. The monoisotopic (exact) mass is 434 g/mol. The molecule has 1 unspecified atom stereocenters. The van der Waals surface area contributed by atoms with Gasteiger partial charge in [0.25, 0.3) is 11.8 Å². The van der Waals surface area contributed by atoms with E-state index < -0.39 is 24.2 Å². The maximum absolute atomic E-state index is 13.8. The number of amides is 2.